The van der Waals surface area contributed by atoms with Gasteiger partial charge in [0.05, 0.1) is 0 Å². The van der Waals surface area contributed by atoms with Crippen LogP contribution in [0.2, 0.25) is 5.28 Å². The van der Waals surface area contributed by atoms with Crippen molar-refractivity contribution < 1.29 is 0 Å². The molecule has 0 saturated heterocycles. The Kier molecular flexibility index (Phi) is 3.01. The van der Waals surface area contributed by atoms with E-state index in [0.29, 0.717) is 12.4 Å². The summed E-state index contributed by atoms with van der Waals surface area (Å²) in [5, 5.41) is 0.150. The first-order valence-corrected chi connectivity index (χ1v) is 3.76. The van der Waals surface area contributed by atoms with Crippen molar-refractivity contribution in [2.75, 3.05) is 12.3 Å². The van der Waals surface area contributed by atoms with Gasteiger partial charge in [-0.15, -0.1) is 0 Å². The summed E-state index contributed by atoms with van der Waals surface area (Å²) in [6.07, 6.45) is 5.07. The van der Waals surface area contributed by atoms with Gasteiger partial charge in [-0.05, 0) is 11.6 Å². The van der Waals surface area contributed by atoms with Gasteiger partial charge in [0, 0.05) is 18.3 Å². The van der Waals surface area contributed by atoms with E-state index in [1.165, 1.54) is 0 Å². The van der Waals surface area contributed by atoms with E-state index in [9.17, 15) is 0 Å². The highest BCUT2D eigenvalue weighted by molar-refractivity contribution is 6.28. The van der Waals surface area contributed by atoms with Gasteiger partial charge in [-0.3, -0.25) is 0 Å². The van der Waals surface area contributed by atoms with Gasteiger partial charge in [0.25, 0.3) is 0 Å². The SMILES string of the molecule is NCC=Cc1cnc(Cl)nc1N. The minimum atomic E-state index is 0.150. The quantitative estimate of drug-likeness (QED) is 0.663. The lowest BCUT2D eigenvalue weighted by atomic mass is 10.3. The molecule has 0 unspecified atom stereocenters. The normalized spacial score (nSPS) is 10.8. The zero-order chi connectivity index (χ0) is 8.97. The maximum absolute atomic E-state index is 5.53. The highest BCUT2D eigenvalue weighted by atomic mass is 35.5. The van der Waals surface area contributed by atoms with Gasteiger partial charge < -0.3 is 11.5 Å². The van der Waals surface area contributed by atoms with Crippen LogP contribution >= 0.6 is 11.6 Å². The van der Waals surface area contributed by atoms with Gasteiger partial charge in [-0.25, -0.2) is 9.97 Å². The van der Waals surface area contributed by atoms with E-state index in [1.54, 1.807) is 18.3 Å². The zero-order valence-electron chi connectivity index (χ0n) is 6.37. The van der Waals surface area contributed by atoms with Gasteiger partial charge in [0.15, 0.2) is 0 Å². The van der Waals surface area contributed by atoms with Crippen LogP contribution in [0.3, 0.4) is 0 Å². The molecule has 64 valence electrons. The predicted molar refractivity (Wildman–Crippen MR) is 49.5 cm³/mol. The molecule has 0 amide bonds. The highest BCUT2D eigenvalue weighted by Crippen LogP contribution is 2.11. The van der Waals surface area contributed by atoms with Gasteiger partial charge >= 0.3 is 0 Å². The smallest absolute Gasteiger partial charge is 0.224 e. The van der Waals surface area contributed by atoms with E-state index in [2.05, 4.69) is 9.97 Å². The number of anilines is 1. The first-order chi connectivity index (χ1) is 5.74. The number of halogens is 1. The third-order valence-corrected chi connectivity index (χ3v) is 1.43. The van der Waals surface area contributed by atoms with Crippen LogP contribution in [-0.4, -0.2) is 16.5 Å². The number of nitrogens with zero attached hydrogens (tertiary/aromatic N) is 2. The average molecular weight is 185 g/mol. The molecular weight excluding hydrogens is 176 g/mol. The molecule has 0 radical (unpaired) electrons. The maximum Gasteiger partial charge on any atom is 0.224 e. The minimum Gasteiger partial charge on any atom is -0.383 e. The molecule has 0 spiro atoms. The second kappa shape index (κ2) is 4.04. The molecule has 0 aromatic carbocycles. The molecule has 0 aliphatic heterocycles. The van der Waals surface area contributed by atoms with Crippen LogP contribution in [-0.2, 0) is 0 Å². The topological polar surface area (TPSA) is 77.8 Å². The average Bonchev–Trinajstić information content (AvgIpc) is 2.03. The van der Waals surface area contributed by atoms with Crippen LogP contribution in [0.25, 0.3) is 6.08 Å². The molecule has 1 rings (SSSR count). The van der Waals surface area contributed by atoms with Gasteiger partial charge in [-0.1, -0.05) is 12.2 Å². The predicted octanol–water partition coefficient (Wildman–Crippen LogP) is 0.684. The second-order valence-corrected chi connectivity index (χ2v) is 2.46. The number of hydrogen-bond donors (Lipinski definition) is 2. The molecular formula is C7H9ClN4. The van der Waals surface area contributed by atoms with Crippen LogP contribution in [0.1, 0.15) is 5.56 Å². The lowest BCUT2D eigenvalue weighted by Gasteiger charge is -1.97. The van der Waals surface area contributed by atoms with Gasteiger partial charge in [0.1, 0.15) is 5.82 Å². The number of rotatable bonds is 2. The van der Waals surface area contributed by atoms with Crippen molar-refractivity contribution >= 4 is 23.5 Å². The van der Waals surface area contributed by atoms with Crippen LogP contribution in [0.15, 0.2) is 12.3 Å². The summed E-state index contributed by atoms with van der Waals surface area (Å²) in [5.74, 6) is 0.361. The third kappa shape index (κ3) is 2.18. The summed E-state index contributed by atoms with van der Waals surface area (Å²) in [5.41, 5.74) is 11.5. The number of aromatic nitrogens is 2. The monoisotopic (exact) mass is 184 g/mol. The van der Waals surface area contributed by atoms with Crippen molar-refractivity contribution in [2.24, 2.45) is 5.73 Å². The van der Waals surface area contributed by atoms with E-state index in [0.717, 1.165) is 5.56 Å². The number of nitrogen functional groups attached to an aromatic ring is 1. The first-order valence-electron chi connectivity index (χ1n) is 3.38. The minimum absolute atomic E-state index is 0.150. The van der Waals surface area contributed by atoms with Crippen molar-refractivity contribution in [3.63, 3.8) is 0 Å². The molecule has 1 aromatic heterocycles. The van der Waals surface area contributed by atoms with Crippen molar-refractivity contribution in [3.05, 3.63) is 23.1 Å². The van der Waals surface area contributed by atoms with E-state index in [4.69, 9.17) is 23.1 Å². The Morgan fingerprint density at radius 2 is 2.33 bits per heavy atom. The number of nitrogens with two attached hydrogens (primary N) is 2. The summed E-state index contributed by atoms with van der Waals surface area (Å²) in [7, 11) is 0. The van der Waals surface area contributed by atoms with Gasteiger partial charge in [0.2, 0.25) is 5.28 Å². The third-order valence-electron chi connectivity index (χ3n) is 1.25. The maximum atomic E-state index is 5.53. The molecule has 12 heavy (non-hydrogen) atoms. The summed E-state index contributed by atoms with van der Waals surface area (Å²) in [4.78, 5) is 7.54. The second-order valence-electron chi connectivity index (χ2n) is 2.12. The molecule has 0 fully saturated rings. The van der Waals surface area contributed by atoms with Crippen molar-refractivity contribution in [1.82, 2.24) is 9.97 Å². The summed E-state index contributed by atoms with van der Waals surface area (Å²) >= 11 is 5.50. The van der Waals surface area contributed by atoms with Crippen LogP contribution in [0.4, 0.5) is 5.82 Å². The standard InChI is InChI=1S/C7H9ClN4/c8-7-11-4-5(2-1-3-9)6(10)12-7/h1-2,4H,3,9H2,(H2,10,11,12). The summed E-state index contributed by atoms with van der Waals surface area (Å²) < 4.78 is 0. The van der Waals surface area contributed by atoms with E-state index in [1.807, 2.05) is 0 Å². The zero-order valence-corrected chi connectivity index (χ0v) is 7.12. The largest absolute Gasteiger partial charge is 0.383 e. The van der Waals surface area contributed by atoms with E-state index < -0.39 is 0 Å². The fourth-order valence-corrected chi connectivity index (χ4v) is 0.845. The molecule has 4 N–H and O–H groups in total. The summed E-state index contributed by atoms with van der Waals surface area (Å²) in [6, 6.07) is 0. The molecule has 0 aliphatic rings. The molecule has 4 nitrogen and oxygen atoms in total. The molecule has 0 aliphatic carbocycles. The first kappa shape index (κ1) is 8.96. The van der Waals surface area contributed by atoms with Crippen molar-refractivity contribution in [3.8, 4) is 0 Å². The molecule has 0 bridgehead atoms. The Balaban J connectivity index is 2.94. The molecule has 0 saturated carbocycles. The number of hydrogen-bond acceptors (Lipinski definition) is 4. The van der Waals surface area contributed by atoms with E-state index >= 15 is 0 Å². The van der Waals surface area contributed by atoms with E-state index in [-0.39, 0.29) is 5.28 Å². The molecule has 0 atom stereocenters. The van der Waals surface area contributed by atoms with Gasteiger partial charge in [-0.2, -0.15) is 0 Å². The Bertz CT molecular complexity index is 297. The van der Waals surface area contributed by atoms with Crippen LogP contribution in [0, 0.1) is 0 Å². The lowest BCUT2D eigenvalue weighted by Crippen LogP contribution is -1.97. The summed E-state index contributed by atoms with van der Waals surface area (Å²) in [6.45, 7) is 0.460. The van der Waals surface area contributed by atoms with Crippen LogP contribution < -0.4 is 11.5 Å². The Morgan fingerprint density at radius 1 is 1.58 bits per heavy atom. The molecule has 5 heteroatoms. The fourth-order valence-electron chi connectivity index (χ4n) is 0.705. The Morgan fingerprint density at radius 3 is 2.92 bits per heavy atom. The fraction of sp³-hybridized carbons (Fsp3) is 0.143. The molecule has 1 heterocycles. The molecule has 1 aromatic rings. The Labute approximate surface area is 75.3 Å². The highest BCUT2D eigenvalue weighted by Gasteiger charge is 1.97. The lowest BCUT2D eigenvalue weighted by molar-refractivity contribution is 1.17. The van der Waals surface area contributed by atoms with Crippen LogP contribution in [0.5, 0.6) is 0 Å². The Hall–Kier alpha value is -1.13. The van der Waals surface area contributed by atoms with Crippen molar-refractivity contribution in [2.45, 2.75) is 0 Å². The van der Waals surface area contributed by atoms with Crippen molar-refractivity contribution in [1.29, 1.82) is 0 Å².